The van der Waals surface area contributed by atoms with Crippen LogP contribution in [0.3, 0.4) is 0 Å². The molecule has 0 fully saturated rings. The molecule has 0 aliphatic heterocycles. The molecule has 0 saturated heterocycles. The molecule has 0 saturated carbocycles. The number of hydroxylamine groups is 1. The summed E-state index contributed by atoms with van der Waals surface area (Å²) < 4.78 is 11.3. The Bertz CT molecular complexity index is 550. The third kappa shape index (κ3) is 9.32. The maximum Gasteiger partial charge on any atom is 0.0896 e. The molecule has 0 aliphatic carbocycles. The molecule has 0 bridgehead atoms. The van der Waals surface area contributed by atoms with Crippen LogP contribution in [0.2, 0.25) is 0 Å². The first-order chi connectivity index (χ1) is 12.0. The van der Waals surface area contributed by atoms with Crippen molar-refractivity contribution in [3.8, 4) is 0 Å². The van der Waals surface area contributed by atoms with Crippen molar-refractivity contribution in [2.24, 2.45) is 5.92 Å². The van der Waals surface area contributed by atoms with Crippen LogP contribution < -0.4 is 5.48 Å². The lowest BCUT2D eigenvalue weighted by Gasteiger charge is -2.09. The van der Waals surface area contributed by atoms with E-state index in [4.69, 9.17) is 14.3 Å². The summed E-state index contributed by atoms with van der Waals surface area (Å²) in [5, 5.41) is 0. The summed E-state index contributed by atoms with van der Waals surface area (Å²) in [5.41, 5.74) is 7.23. The summed E-state index contributed by atoms with van der Waals surface area (Å²) in [6, 6.07) is 8.43. The predicted molar refractivity (Wildman–Crippen MR) is 105 cm³/mol. The van der Waals surface area contributed by atoms with E-state index in [-0.39, 0.29) is 0 Å². The number of hydrogen-bond acceptors (Lipinski definition) is 4. The van der Waals surface area contributed by atoms with E-state index in [1.807, 2.05) is 12.5 Å². The summed E-state index contributed by atoms with van der Waals surface area (Å²) in [5.74, 6) is 0.530. The third-order valence-corrected chi connectivity index (χ3v) is 3.63. The second-order valence-electron chi connectivity index (χ2n) is 6.54. The highest BCUT2D eigenvalue weighted by atomic mass is 16.6. The molecule has 1 aromatic rings. The summed E-state index contributed by atoms with van der Waals surface area (Å²) in [4.78, 5) is 5.07. The van der Waals surface area contributed by atoms with Crippen molar-refractivity contribution >= 4 is 11.1 Å². The van der Waals surface area contributed by atoms with E-state index in [0.29, 0.717) is 19.1 Å². The quantitative estimate of drug-likeness (QED) is 0.327. The monoisotopic (exact) mass is 347 g/mol. The molecule has 0 atom stereocenters. The largest absolute Gasteiger partial charge is 0.501 e. The average molecular weight is 347 g/mol. The number of ether oxygens (including phenoxy) is 2. The summed E-state index contributed by atoms with van der Waals surface area (Å²) in [6.07, 6.45) is 5.64. The van der Waals surface area contributed by atoms with Gasteiger partial charge in [0.15, 0.2) is 0 Å². The van der Waals surface area contributed by atoms with Gasteiger partial charge in [0.2, 0.25) is 0 Å². The van der Waals surface area contributed by atoms with Gasteiger partial charge in [0.05, 0.1) is 32.3 Å². The van der Waals surface area contributed by atoms with Crippen molar-refractivity contribution in [1.29, 1.82) is 0 Å². The molecule has 0 unspecified atom stereocenters. The van der Waals surface area contributed by atoms with Crippen LogP contribution >= 0.6 is 0 Å². The molecule has 0 heterocycles. The zero-order valence-electron chi connectivity index (χ0n) is 16.3. The third-order valence-electron chi connectivity index (χ3n) is 3.63. The van der Waals surface area contributed by atoms with Crippen molar-refractivity contribution in [2.75, 3.05) is 26.9 Å². The summed E-state index contributed by atoms with van der Waals surface area (Å²) >= 11 is 0. The molecule has 1 aromatic carbocycles. The van der Waals surface area contributed by atoms with Crippen LogP contribution in [0.1, 0.15) is 51.7 Å². The van der Waals surface area contributed by atoms with Gasteiger partial charge in [-0.2, -0.15) is 0 Å². The number of rotatable bonds is 12. The second kappa shape index (κ2) is 12.6. The molecule has 25 heavy (non-hydrogen) atoms. The topological polar surface area (TPSA) is 39.7 Å². The average Bonchev–Trinajstić information content (AvgIpc) is 2.60. The lowest BCUT2D eigenvalue weighted by atomic mass is 10.0. The van der Waals surface area contributed by atoms with Gasteiger partial charge in [-0.3, -0.25) is 0 Å². The molecule has 4 nitrogen and oxygen atoms in total. The fourth-order valence-electron chi connectivity index (χ4n) is 2.16. The van der Waals surface area contributed by atoms with Crippen LogP contribution in [-0.2, 0) is 14.3 Å². The number of hydrogen-bond donors (Lipinski definition) is 1. The molecule has 0 amide bonds. The normalized spacial score (nSPS) is 12.6. The van der Waals surface area contributed by atoms with Gasteiger partial charge in [-0.15, -0.1) is 0 Å². The van der Waals surface area contributed by atoms with E-state index < -0.39 is 0 Å². The van der Waals surface area contributed by atoms with Crippen LogP contribution in [0.15, 0.2) is 36.8 Å². The lowest BCUT2D eigenvalue weighted by Crippen LogP contribution is -2.08. The van der Waals surface area contributed by atoms with Crippen LogP contribution in [0.4, 0.5) is 0 Å². The van der Waals surface area contributed by atoms with E-state index in [2.05, 4.69) is 57.4 Å². The van der Waals surface area contributed by atoms with Crippen LogP contribution in [0.25, 0.3) is 11.1 Å². The van der Waals surface area contributed by atoms with Crippen LogP contribution in [0.5, 0.6) is 0 Å². The Kier molecular flexibility index (Phi) is 10.7. The van der Waals surface area contributed by atoms with Crippen molar-refractivity contribution in [3.05, 3.63) is 47.9 Å². The van der Waals surface area contributed by atoms with Gasteiger partial charge in [0.25, 0.3) is 0 Å². The summed E-state index contributed by atoms with van der Waals surface area (Å²) in [6.45, 7) is 10.6. The Morgan fingerprint density at radius 2 is 1.60 bits per heavy atom. The van der Waals surface area contributed by atoms with Gasteiger partial charge >= 0.3 is 0 Å². The Hall–Kier alpha value is -1.78. The Balaban J connectivity index is 2.53. The maximum absolute atomic E-state index is 5.64. The minimum Gasteiger partial charge on any atom is -0.501 e. The van der Waals surface area contributed by atoms with E-state index in [0.717, 1.165) is 36.2 Å². The second-order valence-corrected chi connectivity index (χ2v) is 6.54. The highest BCUT2D eigenvalue weighted by molar-refractivity contribution is 5.70. The molecular formula is C21H33NO3. The Labute approximate surface area is 152 Å². The van der Waals surface area contributed by atoms with E-state index >= 15 is 0 Å². The fraction of sp³-hybridized carbons (Fsp3) is 0.524. The number of allylic oxidation sites excluding steroid dienone is 2. The first-order valence-corrected chi connectivity index (χ1v) is 9.00. The zero-order valence-corrected chi connectivity index (χ0v) is 16.3. The minimum atomic E-state index is 0.530. The van der Waals surface area contributed by atoms with E-state index in [1.165, 1.54) is 5.56 Å². The first kappa shape index (κ1) is 21.3. The van der Waals surface area contributed by atoms with Crippen molar-refractivity contribution in [2.45, 2.75) is 40.5 Å². The molecule has 0 aromatic heterocycles. The van der Waals surface area contributed by atoms with Crippen molar-refractivity contribution < 1.29 is 14.3 Å². The van der Waals surface area contributed by atoms with Gasteiger partial charge in [0.1, 0.15) is 0 Å². The number of unbranched alkanes of at least 4 members (excludes halogenated alkanes) is 1. The van der Waals surface area contributed by atoms with Gasteiger partial charge < -0.3 is 14.3 Å². The minimum absolute atomic E-state index is 0.530. The van der Waals surface area contributed by atoms with E-state index in [9.17, 15) is 0 Å². The molecule has 4 heteroatoms. The van der Waals surface area contributed by atoms with Crippen LogP contribution in [0, 0.1) is 5.92 Å². The zero-order chi connectivity index (χ0) is 18.5. The van der Waals surface area contributed by atoms with E-state index in [1.54, 1.807) is 7.05 Å². The fourth-order valence-corrected chi connectivity index (χ4v) is 2.16. The highest BCUT2D eigenvalue weighted by Gasteiger charge is 2.01. The predicted octanol–water partition coefficient (Wildman–Crippen LogP) is 5.03. The van der Waals surface area contributed by atoms with Crippen molar-refractivity contribution in [1.82, 2.24) is 5.48 Å². The lowest BCUT2D eigenvalue weighted by molar-refractivity contribution is 0.0525. The molecule has 0 radical (unpaired) electrons. The van der Waals surface area contributed by atoms with Crippen LogP contribution in [-0.4, -0.2) is 26.9 Å². The summed E-state index contributed by atoms with van der Waals surface area (Å²) in [7, 11) is 1.77. The molecule has 1 rings (SSSR count). The first-order valence-electron chi connectivity index (χ1n) is 9.00. The maximum atomic E-state index is 5.64. The van der Waals surface area contributed by atoms with Crippen molar-refractivity contribution in [3.63, 3.8) is 0 Å². The number of nitrogens with one attached hydrogen (secondary N) is 1. The molecule has 0 aliphatic rings. The van der Waals surface area contributed by atoms with Gasteiger partial charge in [-0.1, -0.05) is 32.0 Å². The van der Waals surface area contributed by atoms with Gasteiger partial charge in [-0.05, 0) is 60.9 Å². The molecule has 140 valence electrons. The highest BCUT2D eigenvalue weighted by Crippen LogP contribution is 2.20. The van der Waals surface area contributed by atoms with Gasteiger partial charge in [-0.25, -0.2) is 5.48 Å². The van der Waals surface area contributed by atoms with Gasteiger partial charge in [0, 0.05) is 7.05 Å². The smallest absolute Gasteiger partial charge is 0.0896 e. The molecule has 0 spiro atoms. The SMILES string of the molecule is CNOCCCCO/C=C(\C)c1cccc(/C(C)=C/OCC(C)C)c1. The molecular weight excluding hydrogens is 314 g/mol. The standard InChI is InChI=1S/C21H33NO3/c1-17(2)14-24-16-19(4)21-10-8-9-20(13-21)18(3)15-23-11-6-7-12-25-22-5/h8-10,13,15-17,22H,6-7,11-12,14H2,1-5H3/b18-15+,19-16+. The molecule has 1 N–H and O–H groups in total. The Morgan fingerprint density at radius 1 is 1.00 bits per heavy atom. The number of benzene rings is 1. The Morgan fingerprint density at radius 3 is 2.20 bits per heavy atom.